The van der Waals surface area contributed by atoms with Gasteiger partial charge in [-0.15, -0.1) is 0 Å². The van der Waals surface area contributed by atoms with Crippen molar-refractivity contribution in [3.05, 3.63) is 0 Å². The molecule has 0 saturated carbocycles. The van der Waals surface area contributed by atoms with Crippen molar-refractivity contribution < 1.29 is 77.8 Å². The smallest absolute Gasteiger partial charge is 0.0642 e. The van der Waals surface area contributed by atoms with E-state index in [0.29, 0.717) is 0 Å². The van der Waals surface area contributed by atoms with Crippen molar-refractivity contribution in [1.29, 1.82) is 0 Å². The van der Waals surface area contributed by atoms with Crippen LogP contribution in [-0.4, -0.2) is 0 Å². The maximum Gasteiger partial charge on any atom is 0.0642 e. The zero-order chi connectivity index (χ0) is 16.2. The Morgan fingerprint density at radius 1 is 0.368 bits per heavy atom. The molecule has 0 aromatic heterocycles. The van der Waals surface area contributed by atoms with Crippen molar-refractivity contribution in [3.63, 3.8) is 0 Å². The number of rotatable bonds is 0. The Morgan fingerprint density at radius 3 is 0.368 bits per heavy atom. The third-order valence-electron chi connectivity index (χ3n) is 0. The second-order valence-corrected chi connectivity index (χ2v) is 1.34. The van der Waals surface area contributed by atoms with E-state index in [4.69, 9.17) is 56.8 Å². The molecule has 0 aliphatic rings. The molecule has 19 heavy (non-hydrogen) atoms. The molecule has 0 heterocycles. The molecular formula is O12P6W-6. The van der Waals surface area contributed by atoms with E-state index in [9.17, 15) is 0 Å². The van der Waals surface area contributed by atoms with Gasteiger partial charge < -0.3 is 29.4 Å². The topological polar surface area (TPSA) is 241 Å². The average molecular weight is 562 g/mol. The van der Waals surface area contributed by atoms with E-state index >= 15 is 0 Å². The van der Waals surface area contributed by atoms with Gasteiger partial charge in [-0.25, -0.2) is 0 Å². The summed E-state index contributed by atoms with van der Waals surface area (Å²) in [5, 5.41) is 0. The maximum atomic E-state index is 8.35. The molecule has 0 radical (unpaired) electrons. The Morgan fingerprint density at radius 2 is 0.368 bits per heavy atom. The van der Waals surface area contributed by atoms with E-state index in [-0.39, 0.29) is 21.1 Å². The van der Waals surface area contributed by atoms with Crippen molar-refractivity contribution in [2.45, 2.75) is 0 Å². The second-order valence-electron chi connectivity index (χ2n) is 0.447. The predicted molar refractivity (Wildman–Crippen MR) is 45.6 cm³/mol. The number of hydrogen-bond acceptors (Lipinski definition) is 12. The van der Waals surface area contributed by atoms with Crippen LogP contribution < -0.4 is 29.4 Å². The molecule has 0 aromatic carbocycles. The van der Waals surface area contributed by atoms with Crippen molar-refractivity contribution in [2.75, 3.05) is 0 Å². The molecule has 0 aliphatic carbocycles. The zero-order valence-corrected chi connectivity index (χ0v) is 16.3. The minimum atomic E-state index is -1.08. The summed E-state index contributed by atoms with van der Waals surface area (Å²) in [5.41, 5.74) is 0. The molecule has 12 nitrogen and oxygen atoms in total. The Bertz CT molecular complexity index is 114. The van der Waals surface area contributed by atoms with Crippen LogP contribution in [0.3, 0.4) is 0 Å². The Labute approximate surface area is 130 Å². The van der Waals surface area contributed by atoms with Crippen LogP contribution >= 0.6 is 52.1 Å². The summed E-state index contributed by atoms with van der Waals surface area (Å²) in [4.78, 5) is 50.1. The van der Waals surface area contributed by atoms with Gasteiger partial charge in [0.15, 0.2) is 0 Å². The fourth-order valence-corrected chi connectivity index (χ4v) is 0. The van der Waals surface area contributed by atoms with Gasteiger partial charge in [0.05, 0.1) is 52.1 Å². The second kappa shape index (κ2) is 125. The zero-order valence-electron chi connectivity index (χ0n) is 7.99. The van der Waals surface area contributed by atoms with E-state index in [2.05, 4.69) is 0 Å². The third kappa shape index (κ3) is 5040. The summed E-state index contributed by atoms with van der Waals surface area (Å²) >= 11 is 0. The standard InChI is InChI=1S/6HO2P.W/c6*1-3-2;/h6*(H,1,2);/p-6. The van der Waals surface area contributed by atoms with Crippen LogP contribution in [0.15, 0.2) is 0 Å². The molecule has 0 aromatic rings. The third-order valence-corrected chi connectivity index (χ3v) is 0. The van der Waals surface area contributed by atoms with Crippen molar-refractivity contribution in [1.82, 2.24) is 0 Å². The van der Waals surface area contributed by atoms with Gasteiger partial charge in [-0.05, 0) is 0 Å². The molecule has 0 N–H and O–H groups in total. The van der Waals surface area contributed by atoms with Crippen molar-refractivity contribution >= 4 is 52.1 Å². The average Bonchev–Trinajstić information content (AvgIpc) is 2.23. The van der Waals surface area contributed by atoms with Crippen LogP contribution in [0.5, 0.6) is 0 Å². The first-order valence-corrected chi connectivity index (χ1v) is 6.57. The SMILES string of the molecule is O=P[O-].O=P[O-].O=P[O-].O=P[O-].O=P[O-].O=P[O-].[W]. The summed E-state index contributed by atoms with van der Waals surface area (Å²) in [7, 11) is -6.50. The van der Waals surface area contributed by atoms with E-state index in [1.54, 1.807) is 0 Å². The van der Waals surface area contributed by atoms with Gasteiger partial charge in [-0.1, -0.05) is 0 Å². The van der Waals surface area contributed by atoms with Crippen LogP contribution in [0, 0.1) is 0 Å². The maximum absolute atomic E-state index is 8.35. The fourth-order valence-electron chi connectivity index (χ4n) is 0. The summed E-state index contributed by atoms with van der Waals surface area (Å²) < 4.78 is 50.1. The molecule has 0 spiro atoms. The first kappa shape index (κ1) is 42.7. The molecule has 19 heteroatoms. The first-order valence-electron chi connectivity index (χ1n) is 2.19. The summed E-state index contributed by atoms with van der Waals surface area (Å²) in [6.45, 7) is 0. The van der Waals surface area contributed by atoms with Crippen LogP contribution in [0.25, 0.3) is 0 Å². The van der Waals surface area contributed by atoms with Gasteiger partial charge in [0.1, 0.15) is 0 Å². The van der Waals surface area contributed by atoms with E-state index in [0.717, 1.165) is 0 Å². The van der Waals surface area contributed by atoms with Crippen molar-refractivity contribution in [2.24, 2.45) is 0 Å². The van der Waals surface area contributed by atoms with E-state index in [1.807, 2.05) is 0 Å². The number of hydrogen-bond donors (Lipinski definition) is 0. The fraction of sp³-hybridized carbons (Fsp3) is 0. The minimum absolute atomic E-state index is 0. The largest absolute Gasteiger partial charge is 0.772 e. The molecular weight excluding hydrogens is 562 g/mol. The normalized spacial score (nSPS) is 6.63. The van der Waals surface area contributed by atoms with Gasteiger partial charge in [-0.2, -0.15) is 0 Å². The van der Waals surface area contributed by atoms with Crippen LogP contribution in [-0.2, 0) is 48.5 Å². The molecule has 114 valence electrons. The molecule has 0 aliphatic heterocycles. The van der Waals surface area contributed by atoms with E-state index in [1.165, 1.54) is 0 Å². The van der Waals surface area contributed by atoms with Crippen LogP contribution in [0.1, 0.15) is 0 Å². The first-order chi connectivity index (χ1) is 8.49. The molecule has 0 rings (SSSR count). The van der Waals surface area contributed by atoms with Gasteiger partial charge >= 0.3 is 0 Å². The molecule has 0 unspecified atom stereocenters. The minimum Gasteiger partial charge on any atom is -0.772 e. The van der Waals surface area contributed by atoms with Gasteiger partial charge in [0.2, 0.25) is 0 Å². The quantitative estimate of drug-likeness (QED) is 0.275. The Kier molecular flexibility index (Phi) is 281. The molecule has 0 atom stereocenters. The molecule has 0 amide bonds. The Balaban J connectivity index is -0.0000000180. The molecule has 0 bridgehead atoms. The summed E-state index contributed by atoms with van der Waals surface area (Å²) in [6, 6.07) is 0. The van der Waals surface area contributed by atoms with Crippen LogP contribution in [0.2, 0.25) is 0 Å². The van der Waals surface area contributed by atoms with E-state index < -0.39 is 52.1 Å². The Hall–Kier alpha value is 1.05. The van der Waals surface area contributed by atoms with Crippen LogP contribution in [0.4, 0.5) is 0 Å². The summed E-state index contributed by atoms with van der Waals surface area (Å²) in [6.07, 6.45) is 0. The predicted octanol–water partition coefficient (Wildman–Crippen LogP) is -2.68. The van der Waals surface area contributed by atoms with Gasteiger partial charge in [-0.3, -0.25) is 27.4 Å². The monoisotopic (exact) mass is 562 g/mol. The molecule has 0 saturated heterocycles. The van der Waals surface area contributed by atoms with Gasteiger partial charge in [0.25, 0.3) is 0 Å². The molecule has 0 fully saturated rings. The van der Waals surface area contributed by atoms with Gasteiger partial charge in [0, 0.05) is 21.1 Å². The summed E-state index contributed by atoms with van der Waals surface area (Å²) in [5.74, 6) is 0. The van der Waals surface area contributed by atoms with Crippen molar-refractivity contribution in [3.8, 4) is 0 Å².